The summed E-state index contributed by atoms with van der Waals surface area (Å²) >= 11 is 0. The molecule has 2 aliphatic rings. The molecule has 1 heteroatoms. The van der Waals surface area contributed by atoms with Crippen LogP contribution in [0.1, 0.15) is 45.4 Å². The van der Waals surface area contributed by atoms with Crippen molar-refractivity contribution in [2.45, 2.75) is 57.5 Å². The molecule has 1 unspecified atom stereocenters. The highest BCUT2D eigenvalue weighted by atomic mass is 15.0. The Bertz CT molecular complexity index is 133. The maximum atomic E-state index is 3.72. The van der Waals surface area contributed by atoms with E-state index in [1.807, 2.05) is 0 Å². The van der Waals surface area contributed by atoms with Crippen molar-refractivity contribution in [2.75, 3.05) is 0 Å². The Morgan fingerprint density at radius 3 is 2.73 bits per heavy atom. The van der Waals surface area contributed by atoms with Crippen molar-refractivity contribution in [2.24, 2.45) is 5.92 Å². The first-order valence-corrected chi connectivity index (χ1v) is 5.12. The van der Waals surface area contributed by atoms with Gasteiger partial charge >= 0.3 is 0 Å². The molecule has 1 saturated heterocycles. The highest BCUT2D eigenvalue weighted by Crippen LogP contribution is 2.31. The van der Waals surface area contributed by atoms with Gasteiger partial charge in [-0.05, 0) is 38.5 Å². The fourth-order valence-electron chi connectivity index (χ4n) is 2.69. The number of hydrogen-bond acceptors (Lipinski definition) is 1. The molecule has 0 radical (unpaired) electrons. The number of piperidine rings is 1. The van der Waals surface area contributed by atoms with E-state index in [1.54, 1.807) is 0 Å². The molecule has 0 aromatic heterocycles. The van der Waals surface area contributed by atoms with Gasteiger partial charge < -0.3 is 5.32 Å². The largest absolute Gasteiger partial charge is 0.311 e. The Labute approximate surface area is 69.6 Å². The van der Waals surface area contributed by atoms with Crippen molar-refractivity contribution in [1.29, 1.82) is 0 Å². The monoisotopic (exact) mass is 153 g/mol. The van der Waals surface area contributed by atoms with Crippen molar-refractivity contribution >= 4 is 0 Å². The van der Waals surface area contributed by atoms with Crippen molar-refractivity contribution in [3.8, 4) is 0 Å². The highest BCUT2D eigenvalue weighted by molar-refractivity contribution is 4.87. The van der Waals surface area contributed by atoms with Gasteiger partial charge in [0.05, 0.1) is 0 Å². The molecule has 0 aromatic carbocycles. The summed E-state index contributed by atoms with van der Waals surface area (Å²) < 4.78 is 0. The third-order valence-corrected chi connectivity index (χ3v) is 3.38. The van der Waals surface area contributed by atoms with Gasteiger partial charge in [0.1, 0.15) is 0 Å². The molecule has 0 amide bonds. The predicted molar refractivity (Wildman–Crippen MR) is 47.6 cm³/mol. The molecule has 1 nitrogen and oxygen atoms in total. The van der Waals surface area contributed by atoms with Crippen LogP contribution in [0.3, 0.4) is 0 Å². The first-order chi connectivity index (χ1) is 5.36. The van der Waals surface area contributed by atoms with Crippen molar-refractivity contribution in [3.05, 3.63) is 0 Å². The van der Waals surface area contributed by atoms with Crippen LogP contribution in [0.4, 0.5) is 0 Å². The number of fused-ring (bicyclic) bond motifs is 1. The smallest absolute Gasteiger partial charge is 0.00978 e. The van der Waals surface area contributed by atoms with Gasteiger partial charge in [-0.15, -0.1) is 0 Å². The number of hydrogen-bond donors (Lipinski definition) is 1. The second kappa shape index (κ2) is 3.14. The van der Waals surface area contributed by atoms with Gasteiger partial charge in [-0.1, -0.05) is 12.8 Å². The quantitative estimate of drug-likeness (QED) is 0.563. The van der Waals surface area contributed by atoms with Gasteiger partial charge in [-0.25, -0.2) is 0 Å². The van der Waals surface area contributed by atoms with Crippen LogP contribution in [0.2, 0.25) is 0 Å². The van der Waals surface area contributed by atoms with Gasteiger partial charge in [-0.2, -0.15) is 0 Å². The number of rotatable bonds is 0. The summed E-state index contributed by atoms with van der Waals surface area (Å²) in [6, 6.07) is 1.67. The summed E-state index contributed by atoms with van der Waals surface area (Å²) in [4.78, 5) is 0. The topological polar surface area (TPSA) is 12.0 Å². The molecule has 1 heterocycles. The number of nitrogens with one attached hydrogen (secondary N) is 1. The van der Waals surface area contributed by atoms with E-state index in [2.05, 4.69) is 12.2 Å². The van der Waals surface area contributed by atoms with Gasteiger partial charge in [0.2, 0.25) is 0 Å². The van der Waals surface area contributed by atoms with Gasteiger partial charge in [0, 0.05) is 12.1 Å². The first kappa shape index (κ1) is 7.60. The minimum absolute atomic E-state index is 0.786. The molecular formula is C10H19N. The average Bonchev–Trinajstić information content (AvgIpc) is 2.04. The van der Waals surface area contributed by atoms with Crippen LogP contribution >= 0.6 is 0 Å². The molecule has 2 rings (SSSR count). The zero-order chi connectivity index (χ0) is 7.68. The van der Waals surface area contributed by atoms with Gasteiger partial charge in [-0.3, -0.25) is 0 Å². The molecule has 3 atom stereocenters. The van der Waals surface area contributed by atoms with Crippen LogP contribution in [-0.2, 0) is 0 Å². The zero-order valence-corrected chi connectivity index (χ0v) is 7.47. The minimum atomic E-state index is 0.786. The molecule has 0 aromatic rings. The minimum Gasteiger partial charge on any atom is -0.311 e. The molecule has 11 heavy (non-hydrogen) atoms. The zero-order valence-electron chi connectivity index (χ0n) is 7.47. The Hall–Kier alpha value is -0.0400. The fraction of sp³-hybridized carbons (Fsp3) is 1.00. The molecular weight excluding hydrogens is 134 g/mol. The summed E-state index contributed by atoms with van der Waals surface area (Å²) in [6.45, 7) is 2.32. The van der Waals surface area contributed by atoms with E-state index in [4.69, 9.17) is 0 Å². The Morgan fingerprint density at radius 1 is 1.00 bits per heavy atom. The normalized spacial score (nSPS) is 45.0. The lowest BCUT2D eigenvalue weighted by Crippen LogP contribution is -2.47. The van der Waals surface area contributed by atoms with Crippen LogP contribution in [0.5, 0.6) is 0 Å². The third kappa shape index (κ3) is 1.58. The van der Waals surface area contributed by atoms with Crippen molar-refractivity contribution in [3.63, 3.8) is 0 Å². The molecule has 1 aliphatic carbocycles. The summed E-state index contributed by atoms with van der Waals surface area (Å²) in [5.41, 5.74) is 0. The molecule has 1 N–H and O–H groups in total. The first-order valence-electron chi connectivity index (χ1n) is 5.12. The van der Waals surface area contributed by atoms with Gasteiger partial charge in [0.25, 0.3) is 0 Å². The van der Waals surface area contributed by atoms with Crippen LogP contribution in [0.25, 0.3) is 0 Å². The average molecular weight is 153 g/mol. The van der Waals surface area contributed by atoms with Crippen LogP contribution in [0.15, 0.2) is 0 Å². The molecule has 2 fully saturated rings. The van der Waals surface area contributed by atoms with Crippen molar-refractivity contribution in [1.82, 2.24) is 5.32 Å². The highest BCUT2D eigenvalue weighted by Gasteiger charge is 2.29. The lowest BCUT2D eigenvalue weighted by atomic mass is 9.78. The fourth-order valence-corrected chi connectivity index (χ4v) is 2.69. The Morgan fingerprint density at radius 2 is 1.82 bits per heavy atom. The second-order valence-electron chi connectivity index (χ2n) is 4.30. The summed E-state index contributed by atoms with van der Waals surface area (Å²) in [7, 11) is 0. The molecule has 0 spiro atoms. The molecule has 0 bridgehead atoms. The van der Waals surface area contributed by atoms with Crippen LogP contribution in [0, 0.1) is 5.92 Å². The second-order valence-corrected chi connectivity index (χ2v) is 4.30. The van der Waals surface area contributed by atoms with Crippen LogP contribution < -0.4 is 5.32 Å². The Kier molecular flexibility index (Phi) is 2.17. The summed E-state index contributed by atoms with van der Waals surface area (Å²) in [5, 5.41) is 3.72. The van der Waals surface area contributed by atoms with E-state index in [0.717, 1.165) is 18.0 Å². The molecule has 1 saturated carbocycles. The third-order valence-electron chi connectivity index (χ3n) is 3.38. The lowest BCUT2D eigenvalue weighted by molar-refractivity contribution is 0.182. The lowest BCUT2D eigenvalue weighted by Gasteiger charge is -2.39. The maximum absolute atomic E-state index is 3.72. The van der Waals surface area contributed by atoms with E-state index in [0.29, 0.717) is 0 Å². The SMILES string of the molecule is CC1CC[C@H]2CCCC[C@H]2N1. The van der Waals surface area contributed by atoms with E-state index >= 15 is 0 Å². The standard InChI is InChI=1S/C10H19N/c1-8-6-7-9-4-2-3-5-10(9)11-8/h8-11H,2-7H2,1H3/t8?,9-,10-/m1/s1. The van der Waals surface area contributed by atoms with Crippen LogP contribution in [-0.4, -0.2) is 12.1 Å². The van der Waals surface area contributed by atoms with Crippen molar-refractivity contribution < 1.29 is 0 Å². The van der Waals surface area contributed by atoms with E-state index in [1.165, 1.54) is 38.5 Å². The van der Waals surface area contributed by atoms with E-state index in [9.17, 15) is 0 Å². The predicted octanol–water partition coefficient (Wildman–Crippen LogP) is 2.32. The molecule has 64 valence electrons. The summed E-state index contributed by atoms with van der Waals surface area (Å²) in [6.07, 6.45) is 8.76. The Balaban J connectivity index is 1.93. The molecule has 1 aliphatic heterocycles. The maximum Gasteiger partial charge on any atom is 0.00978 e. The van der Waals surface area contributed by atoms with E-state index < -0.39 is 0 Å². The van der Waals surface area contributed by atoms with Gasteiger partial charge in [0.15, 0.2) is 0 Å². The summed E-state index contributed by atoms with van der Waals surface area (Å²) in [5.74, 6) is 1.03. The van der Waals surface area contributed by atoms with E-state index in [-0.39, 0.29) is 0 Å².